The Morgan fingerprint density at radius 2 is 1.86 bits per heavy atom. The molecule has 0 fully saturated rings. The molecule has 0 saturated carbocycles. The number of ether oxygens (including phenoxy) is 1. The number of rotatable bonds is 7. The first-order valence-electron chi connectivity index (χ1n) is 9.08. The maximum Gasteiger partial charge on any atom is 0.247 e. The average molecular weight is 385 g/mol. The molecule has 7 nitrogen and oxygen atoms in total. The molecule has 0 bridgehead atoms. The number of pyridine rings is 1. The lowest BCUT2D eigenvalue weighted by Gasteiger charge is -2.10. The van der Waals surface area contributed by atoms with Gasteiger partial charge in [0.1, 0.15) is 11.6 Å². The van der Waals surface area contributed by atoms with Gasteiger partial charge in [-0.25, -0.2) is 9.07 Å². The van der Waals surface area contributed by atoms with Crippen molar-refractivity contribution < 1.29 is 14.2 Å². The Hall–Kier alpha value is -3.00. The SMILES string of the molecule is CC[C@H](O)Cn1nc(Nc2cc(F)cc(OC)c2)nc1-c1cc(C)nc(C)c1. The number of methoxy groups -OCH3 is 1. The van der Waals surface area contributed by atoms with Gasteiger partial charge in [0.2, 0.25) is 5.95 Å². The largest absolute Gasteiger partial charge is 0.497 e. The van der Waals surface area contributed by atoms with E-state index in [9.17, 15) is 9.50 Å². The van der Waals surface area contributed by atoms with Crippen molar-refractivity contribution in [2.24, 2.45) is 0 Å². The average Bonchev–Trinajstić information content (AvgIpc) is 3.02. The smallest absolute Gasteiger partial charge is 0.247 e. The minimum atomic E-state index is -0.549. The van der Waals surface area contributed by atoms with E-state index in [-0.39, 0.29) is 0 Å². The van der Waals surface area contributed by atoms with Gasteiger partial charge in [0.15, 0.2) is 5.82 Å². The highest BCUT2D eigenvalue weighted by Crippen LogP contribution is 2.25. The van der Waals surface area contributed by atoms with Crippen molar-refractivity contribution in [1.82, 2.24) is 19.7 Å². The van der Waals surface area contributed by atoms with Gasteiger partial charge in [-0.05, 0) is 38.5 Å². The fourth-order valence-corrected chi connectivity index (χ4v) is 2.91. The number of halogens is 1. The van der Waals surface area contributed by atoms with E-state index in [4.69, 9.17) is 4.74 Å². The van der Waals surface area contributed by atoms with Gasteiger partial charge in [-0.1, -0.05) is 6.92 Å². The summed E-state index contributed by atoms with van der Waals surface area (Å²) in [5.74, 6) is 0.872. The first-order chi connectivity index (χ1) is 13.4. The number of nitrogens with zero attached hydrogens (tertiary/aromatic N) is 4. The van der Waals surface area contributed by atoms with Crippen LogP contribution in [-0.4, -0.2) is 38.1 Å². The number of hydrogen-bond acceptors (Lipinski definition) is 6. The van der Waals surface area contributed by atoms with Crippen LogP contribution in [0.5, 0.6) is 5.75 Å². The molecule has 0 aliphatic rings. The van der Waals surface area contributed by atoms with E-state index in [0.717, 1.165) is 17.0 Å². The first kappa shape index (κ1) is 19.8. The van der Waals surface area contributed by atoms with Crippen molar-refractivity contribution in [2.45, 2.75) is 39.8 Å². The highest BCUT2D eigenvalue weighted by Gasteiger charge is 2.16. The van der Waals surface area contributed by atoms with Crippen molar-refractivity contribution in [3.63, 3.8) is 0 Å². The zero-order valence-electron chi connectivity index (χ0n) is 16.4. The van der Waals surface area contributed by atoms with Crippen LogP contribution in [0, 0.1) is 19.7 Å². The quantitative estimate of drug-likeness (QED) is 0.646. The topological polar surface area (TPSA) is 85.1 Å². The van der Waals surface area contributed by atoms with Crippen molar-refractivity contribution in [3.05, 3.63) is 47.5 Å². The molecule has 1 atom stereocenters. The molecule has 8 heteroatoms. The Kier molecular flexibility index (Phi) is 5.89. The Balaban J connectivity index is 2.00. The Labute approximate surface area is 163 Å². The van der Waals surface area contributed by atoms with E-state index in [1.807, 2.05) is 32.9 Å². The predicted molar refractivity (Wildman–Crippen MR) is 105 cm³/mol. The van der Waals surface area contributed by atoms with Gasteiger partial charge in [0.25, 0.3) is 0 Å². The van der Waals surface area contributed by atoms with E-state index in [2.05, 4.69) is 20.4 Å². The molecule has 0 aliphatic heterocycles. The zero-order chi connectivity index (χ0) is 20.3. The summed E-state index contributed by atoms with van der Waals surface area (Å²) in [5.41, 5.74) is 3.05. The maximum absolute atomic E-state index is 13.8. The van der Waals surface area contributed by atoms with Gasteiger partial charge in [-0.15, -0.1) is 5.10 Å². The first-order valence-corrected chi connectivity index (χ1v) is 9.08. The van der Waals surface area contributed by atoms with Crippen LogP contribution in [-0.2, 0) is 6.54 Å². The van der Waals surface area contributed by atoms with Crippen molar-refractivity contribution in [3.8, 4) is 17.1 Å². The summed E-state index contributed by atoms with van der Waals surface area (Å²) in [5, 5.41) is 17.6. The van der Waals surface area contributed by atoms with Gasteiger partial charge in [0.05, 0.1) is 19.8 Å². The standard InChI is InChI=1S/C20H24FN5O2/c1-5-17(27)11-26-19(14-6-12(2)22-13(3)7-14)24-20(25-26)23-16-8-15(21)9-18(10-16)28-4/h6-10,17,27H,5,11H2,1-4H3,(H,23,25)/t17-/m0/s1. The molecule has 2 heterocycles. The Morgan fingerprint density at radius 3 is 2.50 bits per heavy atom. The maximum atomic E-state index is 13.8. The molecule has 1 aromatic carbocycles. The molecular weight excluding hydrogens is 361 g/mol. The second-order valence-corrected chi connectivity index (χ2v) is 6.65. The van der Waals surface area contributed by atoms with Crippen molar-refractivity contribution >= 4 is 11.6 Å². The normalized spacial score (nSPS) is 12.1. The van der Waals surface area contributed by atoms with Crippen LogP contribution >= 0.6 is 0 Å². The number of anilines is 2. The lowest BCUT2D eigenvalue weighted by molar-refractivity contribution is 0.146. The molecule has 28 heavy (non-hydrogen) atoms. The molecule has 2 N–H and O–H groups in total. The summed E-state index contributed by atoms with van der Waals surface area (Å²) in [4.78, 5) is 8.96. The number of aliphatic hydroxyl groups excluding tert-OH is 1. The molecule has 2 aromatic heterocycles. The third-order valence-electron chi connectivity index (χ3n) is 4.23. The fraction of sp³-hybridized carbons (Fsp3) is 0.350. The number of aromatic nitrogens is 4. The van der Waals surface area contributed by atoms with Crippen LogP contribution in [0.2, 0.25) is 0 Å². The predicted octanol–water partition coefficient (Wildman–Crippen LogP) is 3.62. The van der Waals surface area contributed by atoms with Gasteiger partial charge in [-0.2, -0.15) is 4.98 Å². The lowest BCUT2D eigenvalue weighted by Crippen LogP contribution is -2.17. The molecule has 3 aromatic rings. The van der Waals surface area contributed by atoms with Crippen LogP contribution in [0.1, 0.15) is 24.7 Å². The number of aryl methyl sites for hydroxylation is 2. The van der Waals surface area contributed by atoms with Gasteiger partial charge in [-0.3, -0.25) is 4.98 Å². The van der Waals surface area contributed by atoms with Crippen LogP contribution in [0.15, 0.2) is 30.3 Å². The third-order valence-corrected chi connectivity index (χ3v) is 4.23. The molecule has 0 amide bonds. The van der Waals surface area contributed by atoms with Crippen LogP contribution in [0.3, 0.4) is 0 Å². The molecule has 0 radical (unpaired) electrons. The van der Waals surface area contributed by atoms with Crippen LogP contribution in [0.4, 0.5) is 16.0 Å². The zero-order valence-corrected chi connectivity index (χ0v) is 16.4. The van der Waals surface area contributed by atoms with Gasteiger partial charge >= 0.3 is 0 Å². The molecule has 3 rings (SSSR count). The van der Waals surface area contributed by atoms with E-state index in [1.165, 1.54) is 19.2 Å². The summed E-state index contributed by atoms with van der Waals surface area (Å²) in [6, 6.07) is 8.13. The highest BCUT2D eigenvalue weighted by atomic mass is 19.1. The van der Waals surface area contributed by atoms with E-state index in [1.54, 1.807) is 10.7 Å². The number of nitrogens with one attached hydrogen (secondary N) is 1. The third kappa shape index (κ3) is 4.64. The molecule has 148 valence electrons. The minimum Gasteiger partial charge on any atom is -0.497 e. The molecule has 0 spiro atoms. The molecule has 0 aliphatic carbocycles. The van der Waals surface area contributed by atoms with Crippen molar-refractivity contribution in [1.29, 1.82) is 0 Å². The minimum absolute atomic E-state index is 0.299. The summed E-state index contributed by atoms with van der Waals surface area (Å²) in [7, 11) is 1.48. The number of aliphatic hydroxyl groups is 1. The Morgan fingerprint density at radius 1 is 1.14 bits per heavy atom. The second-order valence-electron chi connectivity index (χ2n) is 6.65. The van der Waals surface area contributed by atoms with Crippen LogP contribution < -0.4 is 10.1 Å². The summed E-state index contributed by atoms with van der Waals surface area (Å²) < 4.78 is 20.5. The van der Waals surface area contributed by atoms with Gasteiger partial charge < -0.3 is 15.2 Å². The lowest BCUT2D eigenvalue weighted by atomic mass is 10.2. The van der Waals surface area contributed by atoms with Crippen LogP contribution in [0.25, 0.3) is 11.4 Å². The van der Waals surface area contributed by atoms with Gasteiger partial charge in [0, 0.05) is 34.8 Å². The van der Waals surface area contributed by atoms with Crippen molar-refractivity contribution in [2.75, 3.05) is 12.4 Å². The monoisotopic (exact) mass is 385 g/mol. The number of hydrogen-bond donors (Lipinski definition) is 2. The Bertz CT molecular complexity index is 953. The fourth-order valence-electron chi connectivity index (χ4n) is 2.91. The summed E-state index contributed by atoms with van der Waals surface area (Å²) >= 11 is 0. The summed E-state index contributed by atoms with van der Waals surface area (Å²) in [6.07, 6.45) is 0.0454. The molecule has 0 saturated heterocycles. The second kappa shape index (κ2) is 8.35. The number of benzene rings is 1. The molecular formula is C20H24FN5O2. The van der Waals surface area contributed by atoms with E-state index < -0.39 is 11.9 Å². The summed E-state index contributed by atoms with van der Waals surface area (Å²) in [6.45, 7) is 6.03. The molecule has 0 unspecified atom stereocenters. The van der Waals surface area contributed by atoms with E-state index in [0.29, 0.717) is 36.2 Å². The van der Waals surface area contributed by atoms with E-state index >= 15 is 0 Å². The highest BCUT2D eigenvalue weighted by molar-refractivity contribution is 5.61.